The number of nitrogens with zero attached hydrogens (tertiary/aromatic N) is 3. The van der Waals surface area contributed by atoms with Crippen molar-refractivity contribution in [3.8, 4) is 0 Å². The van der Waals surface area contributed by atoms with Gasteiger partial charge in [0.2, 0.25) is 11.8 Å². The Balaban J connectivity index is 1.81. The summed E-state index contributed by atoms with van der Waals surface area (Å²) in [5.74, 6) is 0.714. The number of hydrogen-bond donors (Lipinski definition) is 1. The van der Waals surface area contributed by atoms with Crippen molar-refractivity contribution in [2.75, 3.05) is 31.6 Å². The van der Waals surface area contributed by atoms with E-state index in [-0.39, 0.29) is 18.4 Å². The zero-order chi connectivity index (χ0) is 15.9. The lowest BCUT2D eigenvalue weighted by atomic mass is 10.1. The molecule has 0 unspecified atom stereocenters. The molecule has 1 fully saturated rings. The summed E-state index contributed by atoms with van der Waals surface area (Å²) in [5.41, 5.74) is 0.958. The van der Waals surface area contributed by atoms with Crippen LogP contribution in [0, 0.1) is 0 Å². The van der Waals surface area contributed by atoms with E-state index in [1.807, 2.05) is 12.1 Å². The lowest BCUT2D eigenvalue weighted by molar-refractivity contribution is -0.133. The van der Waals surface area contributed by atoms with Crippen LogP contribution in [-0.2, 0) is 16.1 Å². The molecule has 1 aromatic rings. The first-order valence-electron chi connectivity index (χ1n) is 7.74. The third-order valence-electron chi connectivity index (χ3n) is 3.90. The Morgan fingerprint density at radius 3 is 2.59 bits per heavy atom. The number of pyridine rings is 1. The van der Waals surface area contributed by atoms with E-state index in [9.17, 15) is 9.59 Å². The van der Waals surface area contributed by atoms with Crippen molar-refractivity contribution in [2.24, 2.45) is 0 Å². The van der Waals surface area contributed by atoms with Crippen LogP contribution in [0.2, 0.25) is 0 Å². The molecule has 1 aromatic heterocycles. The largest absolute Gasteiger partial charge is 0.357 e. The lowest BCUT2D eigenvalue weighted by Crippen LogP contribution is -2.37. The molecular weight excluding hydrogens is 280 g/mol. The zero-order valence-corrected chi connectivity index (χ0v) is 13.3. The Labute approximate surface area is 131 Å². The van der Waals surface area contributed by atoms with Gasteiger partial charge >= 0.3 is 0 Å². The summed E-state index contributed by atoms with van der Waals surface area (Å²) in [7, 11) is 1.61. The van der Waals surface area contributed by atoms with Crippen molar-refractivity contribution >= 4 is 17.6 Å². The molecule has 0 atom stereocenters. The van der Waals surface area contributed by atoms with E-state index in [2.05, 4.69) is 15.2 Å². The van der Waals surface area contributed by atoms with Gasteiger partial charge in [-0.05, 0) is 30.9 Å². The second kappa shape index (κ2) is 7.77. The fourth-order valence-electron chi connectivity index (χ4n) is 2.41. The molecule has 6 nitrogen and oxygen atoms in total. The molecule has 2 rings (SSSR count). The van der Waals surface area contributed by atoms with Crippen LogP contribution in [0.15, 0.2) is 18.3 Å². The molecule has 0 saturated carbocycles. The second-order valence-corrected chi connectivity index (χ2v) is 5.72. The minimum absolute atomic E-state index is 0.0780. The van der Waals surface area contributed by atoms with E-state index in [4.69, 9.17) is 0 Å². The van der Waals surface area contributed by atoms with Gasteiger partial charge in [-0.1, -0.05) is 6.07 Å². The van der Waals surface area contributed by atoms with Crippen LogP contribution in [0.1, 0.15) is 31.7 Å². The van der Waals surface area contributed by atoms with Gasteiger partial charge in [0.05, 0.1) is 6.54 Å². The molecule has 22 heavy (non-hydrogen) atoms. The molecule has 1 N–H and O–H groups in total. The van der Waals surface area contributed by atoms with Gasteiger partial charge in [-0.25, -0.2) is 4.98 Å². The number of aromatic nitrogens is 1. The van der Waals surface area contributed by atoms with E-state index in [1.165, 1.54) is 31.1 Å². The molecule has 2 heterocycles. The van der Waals surface area contributed by atoms with E-state index in [0.29, 0.717) is 6.54 Å². The molecule has 0 aliphatic carbocycles. The van der Waals surface area contributed by atoms with Gasteiger partial charge in [-0.2, -0.15) is 0 Å². The number of carbonyl (C=O) groups is 2. The van der Waals surface area contributed by atoms with Crippen molar-refractivity contribution in [1.82, 2.24) is 15.2 Å². The summed E-state index contributed by atoms with van der Waals surface area (Å²) in [6, 6.07) is 4.00. The first-order valence-corrected chi connectivity index (χ1v) is 7.74. The van der Waals surface area contributed by atoms with Crippen LogP contribution < -0.4 is 10.2 Å². The molecule has 0 aromatic carbocycles. The Morgan fingerprint density at radius 2 is 2.00 bits per heavy atom. The summed E-state index contributed by atoms with van der Waals surface area (Å²) in [5, 5.41) is 2.80. The number of likely N-dealkylation sites (N-methyl/N-ethyl adjacent to an activating group) is 1. The summed E-state index contributed by atoms with van der Waals surface area (Å²) in [6.45, 7) is 4.09. The number of anilines is 1. The number of amides is 2. The number of rotatable bonds is 5. The Morgan fingerprint density at radius 1 is 1.27 bits per heavy atom. The maximum Gasteiger partial charge on any atom is 0.239 e. The topological polar surface area (TPSA) is 65.5 Å². The maximum atomic E-state index is 11.7. The standard InChI is InChI=1S/C16H24N4O2/c1-13(21)19(2)12-16(22)18-11-14-6-7-15(17-10-14)20-8-4-3-5-9-20/h6-7,10H,3-5,8-9,11-12H2,1-2H3,(H,18,22). The minimum Gasteiger partial charge on any atom is -0.357 e. The van der Waals surface area contributed by atoms with E-state index in [1.54, 1.807) is 13.2 Å². The highest BCUT2D eigenvalue weighted by atomic mass is 16.2. The fourth-order valence-corrected chi connectivity index (χ4v) is 2.41. The summed E-state index contributed by atoms with van der Waals surface area (Å²) >= 11 is 0. The molecule has 2 amide bonds. The van der Waals surface area contributed by atoms with Crippen LogP contribution in [0.5, 0.6) is 0 Å². The van der Waals surface area contributed by atoms with Crippen LogP contribution in [0.3, 0.4) is 0 Å². The van der Waals surface area contributed by atoms with Crippen molar-refractivity contribution in [3.05, 3.63) is 23.9 Å². The Hall–Kier alpha value is -2.11. The van der Waals surface area contributed by atoms with Gasteiger partial charge in [0, 0.05) is 39.8 Å². The van der Waals surface area contributed by atoms with Gasteiger partial charge in [0.15, 0.2) is 0 Å². The van der Waals surface area contributed by atoms with Crippen molar-refractivity contribution in [2.45, 2.75) is 32.7 Å². The predicted molar refractivity (Wildman–Crippen MR) is 85.5 cm³/mol. The highest BCUT2D eigenvalue weighted by molar-refractivity contribution is 5.83. The summed E-state index contributed by atoms with van der Waals surface area (Å²) in [4.78, 5) is 30.9. The number of hydrogen-bond acceptors (Lipinski definition) is 4. The van der Waals surface area contributed by atoms with E-state index in [0.717, 1.165) is 24.5 Å². The highest BCUT2D eigenvalue weighted by Crippen LogP contribution is 2.17. The van der Waals surface area contributed by atoms with Gasteiger partial charge in [-0.15, -0.1) is 0 Å². The van der Waals surface area contributed by atoms with Crippen LogP contribution in [0.25, 0.3) is 0 Å². The van der Waals surface area contributed by atoms with Crippen molar-refractivity contribution in [3.63, 3.8) is 0 Å². The molecule has 0 bridgehead atoms. The third-order valence-corrected chi connectivity index (χ3v) is 3.90. The molecule has 0 spiro atoms. The monoisotopic (exact) mass is 304 g/mol. The van der Waals surface area contributed by atoms with Crippen molar-refractivity contribution in [1.29, 1.82) is 0 Å². The smallest absolute Gasteiger partial charge is 0.239 e. The number of nitrogens with one attached hydrogen (secondary N) is 1. The second-order valence-electron chi connectivity index (χ2n) is 5.72. The number of carbonyl (C=O) groups excluding carboxylic acids is 2. The summed E-state index contributed by atoms with van der Waals surface area (Å²) < 4.78 is 0. The van der Waals surface area contributed by atoms with Crippen LogP contribution in [0.4, 0.5) is 5.82 Å². The van der Waals surface area contributed by atoms with E-state index < -0.39 is 0 Å². The van der Waals surface area contributed by atoms with Gasteiger partial charge in [0.1, 0.15) is 5.82 Å². The Bertz CT molecular complexity index is 509. The maximum absolute atomic E-state index is 11.7. The SMILES string of the molecule is CC(=O)N(C)CC(=O)NCc1ccc(N2CCCCC2)nc1. The Kier molecular flexibility index (Phi) is 5.75. The predicted octanol–water partition coefficient (Wildman–Crippen LogP) is 1.17. The average Bonchev–Trinajstić information content (AvgIpc) is 2.54. The molecular formula is C16H24N4O2. The van der Waals surface area contributed by atoms with Gasteiger partial charge in [0.25, 0.3) is 0 Å². The quantitative estimate of drug-likeness (QED) is 0.887. The zero-order valence-electron chi connectivity index (χ0n) is 13.3. The normalized spacial score (nSPS) is 14.5. The van der Waals surface area contributed by atoms with E-state index >= 15 is 0 Å². The van der Waals surface area contributed by atoms with Crippen LogP contribution >= 0.6 is 0 Å². The first kappa shape index (κ1) is 16.3. The molecule has 1 aliphatic rings. The van der Waals surface area contributed by atoms with Gasteiger partial charge in [-0.3, -0.25) is 9.59 Å². The average molecular weight is 304 g/mol. The fraction of sp³-hybridized carbons (Fsp3) is 0.562. The first-order chi connectivity index (χ1) is 10.6. The number of piperidine rings is 1. The summed E-state index contributed by atoms with van der Waals surface area (Å²) in [6.07, 6.45) is 5.56. The highest BCUT2D eigenvalue weighted by Gasteiger charge is 2.12. The molecule has 6 heteroatoms. The van der Waals surface area contributed by atoms with Crippen LogP contribution in [-0.4, -0.2) is 48.4 Å². The van der Waals surface area contributed by atoms with Gasteiger partial charge < -0.3 is 15.1 Å². The molecule has 1 aliphatic heterocycles. The lowest BCUT2D eigenvalue weighted by Gasteiger charge is -2.27. The third kappa shape index (κ3) is 4.72. The van der Waals surface area contributed by atoms with Crippen molar-refractivity contribution < 1.29 is 9.59 Å². The molecule has 0 radical (unpaired) electrons. The minimum atomic E-state index is -0.169. The molecule has 120 valence electrons. The molecule has 1 saturated heterocycles.